The first-order valence-corrected chi connectivity index (χ1v) is 6.12. The number of carbonyl (C=O) groups is 2. The number of anilines is 1. The third-order valence-electron chi connectivity index (χ3n) is 3.18. The molecule has 0 spiro atoms. The van der Waals surface area contributed by atoms with Gasteiger partial charge in [0.05, 0.1) is 0 Å². The summed E-state index contributed by atoms with van der Waals surface area (Å²) in [5, 5.41) is 19.1. The van der Waals surface area contributed by atoms with Crippen molar-refractivity contribution in [1.29, 1.82) is 0 Å². The van der Waals surface area contributed by atoms with Crippen LogP contribution in [0, 0.1) is 5.92 Å². The van der Waals surface area contributed by atoms with Gasteiger partial charge in [-0.1, -0.05) is 0 Å². The van der Waals surface area contributed by atoms with Crippen molar-refractivity contribution < 1.29 is 14.7 Å². The summed E-state index contributed by atoms with van der Waals surface area (Å²) < 4.78 is 0. The van der Waals surface area contributed by atoms with E-state index in [1.165, 1.54) is 7.05 Å². The average molecular weight is 264 g/mol. The van der Waals surface area contributed by atoms with E-state index in [4.69, 9.17) is 5.11 Å². The summed E-state index contributed by atoms with van der Waals surface area (Å²) in [5.41, 5.74) is 0.271. The highest BCUT2D eigenvalue weighted by molar-refractivity contribution is 5.91. The quantitative estimate of drug-likeness (QED) is 0.803. The number of hydrogen-bond acceptors (Lipinski definition) is 5. The highest BCUT2D eigenvalue weighted by Crippen LogP contribution is 2.23. The van der Waals surface area contributed by atoms with Crippen LogP contribution in [-0.4, -0.2) is 47.3 Å². The third-order valence-corrected chi connectivity index (χ3v) is 3.18. The van der Waals surface area contributed by atoms with Gasteiger partial charge in [-0.3, -0.25) is 9.59 Å². The summed E-state index contributed by atoms with van der Waals surface area (Å²) in [5.74, 6) is -0.212. The topological polar surface area (TPSA) is 95.4 Å². The molecular weight excluding hydrogens is 248 g/mol. The summed E-state index contributed by atoms with van der Waals surface area (Å²) in [6, 6.07) is 3.35. The van der Waals surface area contributed by atoms with Crippen molar-refractivity contribution in [2.24, 2.45) is 5.92 Å². The Morgan fingerprint density at radius 2 is 2.26 bits per heavy atom. The van der Waals surface area contributed by atoms with Gasteiger partial charge in [0.1, 0.15) is 0 Å². The van der Waals surface area contributed by atoms with Gasteiger partial charge in [0.2, 0.25) is 0 Å². The number of aromatic nitrogens is 2. The van der Waals surface area contributed by atoms with Gasteiger partial charge in [-0.15, -0.1) is 10.2 Å². The largest absolute Gasteiger partial charge is 0.481 e. The van der Waals surface area contributed by atoms with Crippen molar-refractivity contribution in [1.82, 2.24) is 15.5 Å². The van der Waals surface area contributed by atoms with Crippen LogP contribution in [0.5, 0.6) is 0 Å². The molecule has 2 N–H and O–H groups in total. The van der Waals surface area contributed by atoms with Gasteiger partial charge in [-0.05, 0) is 24.5 Å². The summed E-state index contributed by atoms with van der Waals surface area (Å²) in [6.07, 6.45) is 1.02. The lowest BCUT2D eigenvalue weighted by molar-refractivity contribution is -0.137. The van der Waals surface area contributed by atoms with E-state index in [9.17, 15) is 9.59 Å². The third kappa shape index (κ3) is 3.18. The fraction of sp³-hybridized carbons (Fsp3) is 0.500. The van der Waals surface area contributed by atoms with Gasteiger partial charge in [-0.2, -0.15) is 0 Å². The van der Waals surface area contributed by atoms with E-state index in [2.05, 4.69) is 15.5 Å². The highest BCUT2D eigenvalue weighted by Gasteiger charge is 2.25. The predicted molar refractivity (Wildman–Crippen MR) is 68.0 cm³/mol. The Balaban J connectivity index is 2.00. The molecule has 2 heterocycles. The maximum absolute atomic E-state index is 11.3. The number of nitrogens with one attached hydrogen (secondary N) is 1. The molecule has 7 nitrogen and oxygen atoms in total. The second kappa shape index (κ2) is 5.64. The van der Waals surface area contributed by atoms with E-state index in [0.29, 0.717) is 12.4 Å². The van der Waals surface area contributed by atoms with Crippen molar-refractivity contribution in [2.45, 2.75) is 12.8 Å². The van der Waals surface area contributed by atoms with Gasteiger partial charge in [0, 0.05) is 26.6 Å². The molecule has 1 unspecified atom stereocenters. The Bertz CT molecular complexity index is 474. The fourth-order valence-electron chi connectivity index (χ4n) is 2.20. The SMILES string of the molecule is CNC(=O)c1ccc(N2CCC(CC(=O)O)C2)nn1. The molecule has 19 heavy (non-hydrogen) atoms. The number of carboxylic acid groups (broad SMARTS) is 1. The highest BCUT2D eigenvalue weighted by atomic mass is 16.4. The minimum absolute atomic E-state index is 0.151. The number of hydrogen-bond donors (Lipinski definition) is 2. The van der Waals surface area contributed by atoms with Crippen LogP contribution in [0.15, 0.2) is 12.1 Å². The number of amides is 1. The molecule has 0 radical (unpaired) electrons. The van der Waals surface area contributed by atoms with E-state index in [0.717, 1.165) is 13.0 Å². The van der Waals surface area contributed by atoms with Crippen LogP contribution in [0.3, 0.4) is 0 Å². The number of rotatable bonds is 4. The predicted octanol–water partition coefficient (Wildman–Crippen LogP) is 0.137. The van der Waals surface area contributed by atoms with E-state index in [1.807, 2.05) is 4.90 Å². The maximum atomic E-state index is 11.3. The van der Waals surface area contributed by atoms with Gasteiger partial charge in [-0.25, -0.2) is 0 Å². The monoisotopic (exact) mass is 264 g/mol. The lowest BCUT2D eigenvalue weighted by Gasteiger charge is -2.16. The summed E-state index contributed by atoms with van der Waals surface area (Å²) in [7, 11) is 1.54. The molecule has 1 aromatic rings. The second-order valence-electron chi connectivity index (χ2n) is 4.55. The van der Waals surface area contributed by atoms with Crippen LogP contribution in [0.25, 0.3) is 0 Å². The molecule has 1 atom stereocenters. The molecule has 0 aliphatic carbocycles. The van der Waals surface area contributed by atoms with Crippen molar-refractivity contribution in [3.8, 4) is 0 Å². The van der Waals surface area contributed by atoms with Crippen LogP contribution in [0.4, 0.5) is 5.82 Å². The minimum atomic E-state index is -0.770. The van der Waals surface area contributed by atoms with Gasteiger partial charge in [0.25, 0.3) is 5.91 Å². The van der Waals surface area contributed by atoms with Crippen LogP contribution in [0.2, 0.25) is 0 Å². The Morgan fingerprint density at radius 3 is 2.84 bits per heavy atom. The zero-order chi connectivity index (χ0) is 13.8. The number of carboxylic acids is 1. The van der Waals surface area contributed by atoms with Crippen molar-refractivity contribution in [3.63, 3.8) is 0 Å². The lowest BCUT2D eigenvalue weighted by Crippen LogP contribution is -2.23. The first-order valence-electron chi connectivity index (χ1n) is 6.12. The molecule has 1 aliphatic heterocycles. The smallest absolute Gasteiger partial charge is 0.303 e. The number of carbonyl (C=O) groups excluding carboxylic acids is 1. The van der Waals surface area contributed by atoms with Crippen molar-refractivity contribution in [3.05, 3.63) is 17.8 Å². The lowest BCUT2D eigenvalue weighted by atomic mass is 10.1. The molecule has 0 aromatic carbocycles. The minimum Gasteiger partial charge on any atom is -0.481 e. The molecule has 1 saturated heterocycles. The molecule has 1 aliphatic rings. The standard InChI is InChI=1S/C12H16N4O3/c1-13-12(19)9-2-3-10(15-14-9)16-5-4-8(7-16)6-11(17)18/h2-3,8H,4-7H2,1H3,(H,13,19)(H,17,18). The van der Waals surface area contributed by atoms with Gasteiger partial charge in [0.15, 0.2) is 11.5 Å². The zero-order valence-electron chi connectivity index (χ0n) is 10.7. The molecule has 0 bridgehead atoms. The van der Waals surface area contributed by atoms with Crippen LogP contribution in [0.1, 0.15) is 23.3 Å². The summed E-state index contributed by atoms with van der Waals surface area (Å²) in [4.78, 5) is 24.0. The number of aliphatic carboxylic acids is 1. The molecule has 0 saturated carbocycles. The first-order chi connectivity index (χ1) is 9.10. The van der Waals surface area contributed by atoms with Crippen molar-refractivity contribution >= 4 is 17.7 Å². The van der Waals surface area contributed by atoms with Crippen LogP contribution < -0.4 is 10.2 Å². The molecule has 1 fully saturated rings. The zero-order valence-corrected chi connectivity index (χ0v) is 10.7. The van der Waals surface area contributed by atoms with Crippen LogP contribution in [-0.2, 0) is 4.79 Å². The fourth-order valence-corrected chi connectivity index (χ4v) is 2.20. The molecule has 7 heteroatoms. The molecule has 1 aromatic heterocycles. The summed E-state index contributed by atoms with van der Waals surface area (Å²) >= 11 is 0. The average Bonchev–Trinajstić information content (AvgIpc) is 2.85. The molecule has 2 rings (SSSR count). The Morgan fingerprint density at radius 1 is 1.47 bits per heavy atom. The first kappa shape index (κ1) is 13.3. The van der Waals surface area contributed by atoms with Gasteiger partial charge >= 0.3 is 5.97 Å². The Kier molecular flexibility index (Phi) is 3.94. The summed E-state index contributed by atoms with van der Waals surface area (Å²) in [6.45, 7) is 1.44. The molecule has 1 amide bonds. The maximum Gasteiger partial charge on any atom is 0.303 e. The van der Waals surface area contributed by atoms with E-state index < -0.39 is 5.97 Å². The molecular formula is C12H16N4O3. The van der Waals surface area contributed by atoms with E-state index in [-0.39, 0.29) is 23.9 Å². The normalized spacial score (nSPS) is 18.4. The van der Waals surface area contributed by atoms with Gasteiger partial charge < -0.3 is 15.3 Å². The second-order valence-corrected chi connectivity index (χ2v) is 4.55. The Hall–Kier alpha value is -2.18. The van der Waals surface area contributed by atoms with Crippen molar-refractivity contribution in [2.75, 3.05) is 25.0 Å². The van der Waals surface area contributed by atoms with E-state index >= 15 is 0 Å². The van der Waals surface area contributed by atoms with E-state index in [1.54, 1.807) is 12.1 Å². The van der Waals surface area contributed by atoms with Crippen LogP contribution >= 0.6 is 0 Å². The Labute approximate surface area is 110 Å². The number of nitrogens with zero attached hydrogens (tertiary/aromatic N) is 3. The molecule has 102 valence electrons.